The number of carbonyl (C=O) groups excluding carboxylic acids is 2. The number of para-hydroxylation sites is 1. The molecular formula is C21H30N2O4. The first kappa shape index (κ1) is 21.0. The Morgan fingerprint density at radius 1 is 1.22 bits per heavy atom. The summed E-state index contributed by atoms with van der Waals surface area (Å²) in [7, 11) is 3.83. The van der Waals surface area contributed by atoms with Gasteiger partial charge >= 0.3 is 0 Å². The van der Waals surface area contributed by atoms with E-state index in [2.05, 4.69) is 0 Å². The van der Waals surface area contributed by atoms with Crippen molar-refractivity contribution in [2.45, 2.75) is 39.8 Å². The summed E-state index contributed by atoms with van der Waals surface area (Å²) < 4.78 is 5.93. The number of likely N-dealkylation sites (N-methyl/N-ethyl adjacent to an activating group) is 1. The van der Waals surface area contributed by atoms with Crippen LogP contribution in [0.25, 0.3) is 0 Å². The van der Waals surface area contributed by atoms with Crippen molar-refractivity contribution in [2.24, 2.45) is 5.92 Å². The predicted octanol–water partition coefficient (Wildman–Crippen LogP) is 2.96. The average molecular weight is 374 g/mol. The number of ketones is 1. The number of hydrogen-bond acceptors (Lipinski definition) is 5. The molecule has 1 aromatic rings. The van der Waals surface area contributed by atoms with E-state index in [1.165, 1.54) is 0 Å². The summed E-state index contributed by atoms with van der Waals surface area (Å²) in [4.78, 5) is 29.2. The maximum atomic E-state index is 12.9. The van der Waals surface area contributed by atoms with Crippen LogP contribution in [0, 0.1) is 5.92 Å². The Bertz CT molecular complexity index is 737. The van der Waals surface area contributed by atoms with E-state index in [9.17, 15) is 14.7 Å². The highest BCUT2D eigenvalue weighted by Gasteiger charge is 2.44. The number of aliphatic hydroxyl groups excluding tert-OH is 1. The molecule has 0 spiro atoms. The number of benzene rings is 1. The van der Waals surface area contributed by atoms with Crippen LogP contribution in [0.5, 0.6) is 5.75 Å². The molecule has 1 atom stereocenters. The highest BCUT2D eigenvalue weighted by atomic mass is 16.5. The van der Waals surface area contributed by atoms with Crippen molar-refractivity contribution in [3.8, 4) is 5.75 Å². The van der Waals surface area contributed by atoms with Crippen LogP contribution < -0.4 is 4.74 Å². The fourth-order valence-electron chi connectivity index (χ4n) is 3.15. The van der Waals surface area contributed by atoms with Gasteiger partial charge in [-0.1, -0.05) is 32.0 Å². The second kappa shape index (κ2) is 8.57. The van der Waals surface area contributed by atoms with Crippen molar-refractivity contribution in [3.63, 3.8) is 0 Å². The van der Waals surface area contributed by atoms with Crippen LogP contribution in [0.1, 0.15) is 39.3 Å². The SMILES string of the molecule is CC(C)Oc1ccccc1C1C(C(=O)C(C)C)=C(O)C(=O)N1CCN(C)C. The van der Waals surface area contributed by atoms with Crippen molar-refractivity contribution in [1.82, 2.24) is 9.80 Å². The Morgan fingerprint density at radius 3 is 2.41 bits per heavy atom. The summed E-state index contributed by atoms with van der Waals surface area (Å²) in [5.41, 5.74) is 0.875. The number of nitrogens with zero attached hydrogens (tertiary/aromatic N) is 2. The van der Waals surface area contributed by atoms with E-state index in [4.69, 9.17) is 4.74 Å². The standard InChI is InChI=1S/C21H30N2O4/c1-13(2)19(24)17-18(15-9-7-8-10-16(15)27-14(3)4)23(12-11-22(5)6)21(26)20(17)25/h7-10,13-14,18,25H,11-12H2,1-6H3. The fraction of sp³-hybridized carbons (Fsp3) is 0.524. The van der Waals surface area contributed by atoms with E-state index in [1.54, 1.807) is 18.7 Å². The van der Waals surface area contributed by atoms with Gasteiger partial charge in [0.05, 0.1) is 17.7 Å². The molecule has 1 unspecified atom stereocenters. The molecule has 0 aliphatic carbocycles. The van der Waals surface area contributed by atoms with E-state index in [0.717, 1.165) is 0 Å². The highest BCUT2D eigenvalue weighted by Crippen LogP contribution is 2.42. The zero-order valence-electron chi connectivity index (χ0n) is 17.0. The van der Waals surface area contributed by atoms with Crippen molar-refractivity contribution >= 4 is 11.7 Å². The fourth-order valence-corrected chi connectivity index (χ4v) is 3.15. The van der Waals surface area contributed by atoms with Crippen molar-refractivity contribution in [1.29, 1.82) is 0 Å². The molecule has 6 nitrogen and oxygen atoms in total. The van der Waals surface area contributed by atoms with Crippen LogP contribution in [0.2, 0.25) is 0 Å². The van der Waals surface area contributed by atoms with Gasteiger partial charge in [-0.15, -0.1) is 0 Å². The molecule has 0 bridgehead atoms. The summed E-state index contributed by atoms with van der Waals surface area (Å²) >= 11 is 0. The molecule has 1 amide bonds. The quantitative estimate of drug-likeness (QED) is 0.758. The highest BCUT2D eigenvalue weighted by molar-refractivity contribution is 6.09. The summed E-state index contributed by atoms with van der Waals surface area (Å²) in [6, 6.07) is 6.74. The minimum atomic E-state index is -0.651. The molecule has 0 radical (unpaired) electrons. The topological polar surface area (TPSA) is 70.1 Å². The molecule has 1 N–H and O–H groups in total. The molecule has 0 fully saturated rings. The first-order valence-corrected chi connectivity index (χ1v) is 9.33. The lowest BCUT2D eigenvalue weighted by molar-refractivity contribution is -0.129. The Balaban J connectivity index is 2.57. The van der Waals surface area contributed by atoms with Gasteiger partial charge < -0.3 is 19.6 Å². The number of hydrogen-bond donors (Lipinski definition) is 1. The molecule has 1 aliphatic heterocycles. The van der Waals surface area contributed by atoms with Crippen molar-refractivity contribution < 1.29 is 19.4 Å². The average Bonchev–Trinajstić information content (AvgIpc) is 2.83. The van der Waals surface area contributed by atoms with E-state index >= 15 is 0 Å². The molecule has 1 heterocycles. The minimum Gasteiger partial charge on any atom is -0.503 e. The Labute approximate surface area is 161 Å². The molecule has 1 aromatic carbocycles. The molecule has 148 valence electrons. The maximum absolute atomic E-state index is 12.9. The Hall–Kier alpha value is -2.34. The van der Waals surface area contributed by atoms with Gasteiger partial charge in [-0.3, -0.25) is 9.59 Å². The molecule has 2 rings (SSSR count). The second-order valence-electron chi connectivity index (χ2n) is 7.69. The third-order valence-electron chi connectivity index (χ3n) is 4.46. The third kappa shape index (κ3) is 4.50. The predicted molar refractivity (Wildman–Crippen MR) is 105 cm³/mol. The first-order chi connectivity index (χ1) is 12.6. The van der Waals surface area contributed by atoms with Gasteiger partial charge in [0.15, 0.2) is 11.5 Å². The van der Waals surface area contributed by atoms with Gasteiger partial charge in [0.1, 0.15) is 5.75 Å². The molecule has 0 saturated carbocycles. The third-order valence-corrected chi connectivity index (χ3v) is 4.46. The van der Waals surface area contributed by atoms with Gasteiger partial charge in [0.2, 0.25) is 0 Å². The van der Waals surface area contributed by atoms with Gasteiger partial charge in [0.25, 0.3) is 5.91 Å². The second-order valence-corrected chi connectivity index (χ2v) is 7.69. The smallest absolute Gasteiger partial charge is 0.290 e. The first-order valence-electron chi connectivity index (χ1n) is 9.33. The van der Waals surface area contributed by atoms with Crippen LogP contribution in [0.4, 0.5) is 0 Å². The van der Waals surface area contributed by atoms with Gasteiger partial charge in [-0.05, 0) is 34.0 Å². The molecule has 27 heavy (non-hydrogen) atoms. The number of ether oxygens (including phenoxy) is 1. The maximum Gasteiger partial charge on any atom is 0.290 e. The van der Waals surface area contributed by atoms with E-state index in [-0.39, 0.29) is 23.4 Å². The largest absolute Gasteiger partial charge is 0.503 e. The Kier molecular flexibility index (Phi) is 6.65. The molecular weight excluding hydrogens is 344 g/mol. The zero-order valence-corrected chi connectivity index (χ0v) is 17.0. The number of carbonyl (C=O) groups is 2. The zero-order chi connectivity index (χ0) is 20.3. The van der Waals surface area contributed by atoms with Crippen LogP contribution in [0.15, 0.2) is 35.6 Å². The van der Waals surface area contributed by atoms with E-state index in [1.807, 2.05) is 57.1 Å². The van der Waals surface area contributed by atoms with Crippen LogP contribution >= 0.6 is 0 Å². The number of Topliss-reactive ketones (excluding diaryl/α,β-unsaturated/α-hetero) is 1. The normalized spacial score (nSPS) is 17.6. The van der Waals surface area contributed by atoms with Crippen molar-refractivity contribution in [3.05, 3.63) is 41.2 Å². The van der Waals surface area contributed by atoms with Crippen LogP contribution in [-0.4, -0.2) is 59.9 Å². The summed E-state index contributed by atoms with van der Waals surface area (Å²) in [5, 5.41) is 10.5. The lowest BCUT2D eigenvalue weighted by Gasteiger charge is -2.30. The number of amides is 1. The summed E-state index contributed by atoms with van der Waals surface area (Å²) in [5.74, 6) is -0.895. The molecule has 6 heteroatoms. The summed E-state index contributed by atoms with van der Waals surface area (Å²) in [6.07, 6.45) is -0.0553. The molecule has 1 aliphatic rings. The molecule has 0 saturated heterocycles. The number of aliphatic hydroxyl groups is 1. The van der Waals surface area contributed by atoms with E-state index < -0.39 is 17.7 Å². The summed E-state index contributed by atoms with van der Waals surface area (Å²) in [6.45, 7) is 8.39. The number of rotatable bonds is 8. The van der Waals surface area contributed by atoms with Crippen LogP contribution in [0.3, 0.4) is 0 Å². The Morgan fingerprint density at radius 2 is 1.85 bits per heavy atom. The molecule has 0 aromatic heterocycles. The lowest BCUT2D eigenvalue weighted by Crippen LogP contribution is -2.37. The van der Waals surface area contributed by atoms with Gasteiger partial charge in [-0.2, -0.15) is 0 Å². The minimum absolute atomic E-state index is 0.0553. The van der Waals surface area contributed by atoms with Gasteiger partial charge in [0, 0.05) is 24.6 Å². The lowest BCUT2D eigenvalue weighted by atomic mass is 9.91. The van der Waals surface area contributed by atoms with E-state index in [0.29, 0.717) is 24.4 Å². The van der Waals surface area contributed by atoms with Crippen molar-refractivity contribution in [2.75, 3.05) is 27.2 Å². The monoisotopic (exact) mass is 374 g/mol. The van der Waals surface area contributed by atoms with Gasteiger partial charge in [-0.25, -0.2) is 0 Å². The van der Waals surface area contributed by atoms with Crippen LogP contribution in [-0.2, 0) is 9.59 Å².